The summed E-state index contributed by atoms with van der Waals surface area (Å²) >= 11 is 7.42. The molecule has 0 radical (unpaired) electrons. The van der Waals surface area contributed by atoms with Crippen LogP contribution in [0.2, 0.25) is 5.02 Å². The number of nitrogens with two attached hydrogens (primary N) is 1. The second-order valence-electron chi connectivity index (χ2n) is 2.88. The van der Waals surface area contributed by atoms with Crippen molar-refractivity contribution in [3.05, 3.63) is 23.2 Å². The van der Waals surface area contributed by atoms with Crippen molar-refractivity contribution < 1.29 is 0 Å². The van der Waals surface area contributed by atoms with Crippen LogP contribution in [-0.4, -0.2) is 20.2 Å². The van der Waals surface area contributed by atoms with Crippen molar-refractivity contribution in [2.45, 2.75) is 10.1 Å². The van der Waals surface area contributed by atoms with Crippen LogP contribution in [0.1, 0.15) is 0 Å². The molecule has 0 amide bonds. The van der Waals surface area contributed by atoms with Crippen LogP contribution in [0.3, 0.4) is 0 Å². The summed E-state index contributed by atoms with van der Waals surface area (Å²) in [7, 11) is 1.77. The fourth-order valence-electron chi connectivity index (χ4n) is 1.01. The van der Waals surface area contributed by atoms with Gasteiger partial charge in [0.05, 0.1) is 5.02 Å². The molecule has 0 aliphatic rings. The van der Waals surface area contributed by atoms with Gasteiger partial charge in [0.2, 0.25) is 5.16 Å². The van der Waals surface area contributed by atoms with Gasteiger partial charge in [-0.2, -0.15) is 0 Å². The van der Waals surface area contributed by atoms with Crippen molar-refractivity contribution in [1.29, 1.82) is 0 Å². The number of halogens is 1. The average molecular weight is 242 g/mol. The number of tetrazole rings is 1. The van der Waals surface area contributed by atoms with Crippen LogP contribution in [-0.2, 0) is 7.05 Å². The number of hydrogen-bond acceptors (Lipinski definition) is 5. The van der Waals surface area contributed by atoms with Gasteiger partial charge < -0.3 is 5.73 Å². The Morgan fingerprint density at radius 2 is 2.27 bits per heavy atom. The molecule has 2 rings (SSSR count). The van der Waals surface area contributed by atoms with Gasteiger partial charge in [-0.25, -0.2) is 4.68 Å². The van der Waals surface area contributed by atoms with Gasteiger partial charge in [0.25, 0.3) is 0 Å². The number of nitrogens with zero attached hydrogens (tertiary/aromatic N) is 4. The summed E-state index contributed by atoms with van der Waals surface area (Å²) < 4.78 is 1.58. The minimum absolute atomic E-state index is 0.600. The molecule has 2 aromatic rings. The molecule has 0 atom stereocenters. The molecule has 0 spiro atoms. The Balaban J connectivity index is 2.29. The first-order chi connectivity index (χ1) is 7.16. The summed E-state index contributed by atoms with van der Waals surface area (Å²) in [6, 6.07) is 5.34. The van der Waals surface area contributed by atoms with E-state index >= 15 is 0 Å². The fraction of sp³-hybridized carbons (Fsp3) is 0.125. The van der Waals surface area contributed by atoms with E-state index < -0.39 is 0 Å². The Morgan fingerprint density at radius 1 is 1.47 bits per heavy atom. The van der Waals surface area contributed by atoms with Crippen molar-refractivity contribution in [3.63, 3.8) is 0 Å². The predicted molar refractivity (Wildman–Crippen MR) is 58.8 cm³/mol. The Hall–Kier alpha value is -1.27. The van der Waals surface area contributed by atoms with Crippen LogP contribution in [0.25, 0.3) is 0 Å². The second-order valence-corrected chi connectivity index (χ2v) is 4.29. The van der Waals surface area contributed by atoms with Gasteiger partial charge in [-0.05, 0) is 40.4 Å². The highest BCUT2D eigenvalue weighted by molar-refractivity contribution is 7.99. The minimum Gasteiger partial charge on any atom is -0.399 e. The Labute approximate surface area is 95.6 Å². The molecule has 78 valence electrons. The number of rotatable bonds is 2. The third kappa shape index (κ3) is 2.21. The molecular weight excluding hydrogens is 234 g/mol. The number of anilines is 1. The van der Waals surface area contributed by atoms with Gasteiger partial charge in [0, 0.05) is 17.6 Å². The van der Waals surface area contributed by atoms with Gasteiger partial charge in [0.15, 0.2) is 0 Å². The van der Waals surface area contributed by atoms with Gasteiger partial charge in [-0.1, -0.05) is 11.6 Å². The predicted octanol–water partition coefficient (Wildman–Crippen LogP) is 1.60. The van der Waals surface area contributed by atoms with Crippen LogP contribution in [0.5, 0.6) is 0 Å². The molecule has 5 nitrogen and oxygen atoms in total. The van der Waals surface area contributed by atoms with Crippen LogP contribution in [0.15, 0.2) is 28.3 Å². The van der Waals surface area contributed by atoms with E-state index in [9.17, 15) is 0 Å². The van der Waals surface area contributed by atoms with Gasteiger partial charge >= 0.3 is 0 Å². The first kappa shape index (κ1) is 10.3. The number of benzene rings is 1. The lowest BCUT2D eigenvalue weighted by molar-refractivity contribution is 0.664. The number of aromatic nitrogens is 4. The monoisotopic (exact) mass is 241 g/mol. The fourth-order valence-corrected chi connectivity index (χ4v) is 2.05. The standard InChI is InChI=1S/C8H8ClN5S/c1-14-8(11-12-13-14)15-7-3-2-5(10)4-6(7)9/h2-4H,10H2,1H3. The molecule has 0 bridgehead atoms. The molecular formula is C8H8ClN5S. The van der Waals surface area contributed by atoms with Crippen LogP contribution in [0.4, 0.5) is 5.69 Å². The Morgan fingerprint density at radius 3 is 2.87 bits per heavy atom. The normalized spacial score (nSPS) is 10.5. The zero-order valence-corrected chi connectivity index (χ0v) is 9.46. The summed E-state index contributed by atoms with van der Waals surface area (Å²) in [6.45, 7) is 0. The zero-order chi connectivity index (χ0) is 10.8. The molecule has 0 saturated heterocycles. The third-order valence-electron chi connectivity index (χ3n) is 1.74. The van der Waals surface area contributed by atoms with E-state index in [0.29, 0.717) is 15.9 Å². The zero-order valence-electron chi connectivity index (χ0n) is 7.88. The largest absolute Gasteiger partial charge is 0.399 e. The number of hydrogen-bond donors (Lipinski definition) is 1. The average Bonchev–Trinajstić information content (AvgIpc) is 2.57. The summed E-state index contributed by atoms with van der Waals surface area (Å²) in [6.07, 6.45) is 0. The highest BCUT2D eigenvalue weighted by Gasteiger charge is 2.07. The highest BCUT2D eigenvalue weighted by Crippen LogP contribution is 2.32. The third-order valence-corrected chi connectivity index (χ3v) is 3.27. The second kappa shape index (κ2) is 4.08. The summed E-state index contributed by atoms with van der Waals surface area (Å²) in [5.41, 5.74) is 6.23. The molecule has 0 saturated carbocycles. The van der Waals surface area contributed by atoms with E-state index in [2.05, 4.69) is 15.5 Å². The van der Waals surface area contributed by atoms with Gasteiger partial charge in [0.1, 0.15) is 0 Å². The van der Waals surface area contributed by atoms with Gasteiger partial charge in [-0.15, -0.1) is 5.10 Å². The molecule has 1 heterocycles. The lowest BCUT2D eigenvalue weighted by Crippen LogP contribution is -1.93. The number of nitrogen functional groups attached to an aromatic ring is 1. The lowest BCUT2D eigenvalue weighted by atomic mass is 10.3. The first-order valence-corrected chi connectivity index (χ1v) is 5.31. The molecule has 15 heavy (non-hydrogen) atoms. The van der Waals surface area contributed by atoms with E-state index in [-0.39, 0.29) is 0 Å². The van der Waals surface area contributed by atoms with Crippen LogP contribution >= 0.6 is 23.4 Å². The molecule has 1 aromatic carbocycles. The van der Waals surface area contributed by atoms with E-state index in [4.69, 9.17) is 17.3 Å². The van der Waals surface area contributed by atoms with Crippen molar-refractivity contribution in [1.82, 2.24) is 20.2 Å². The Bertz CT molecular complexity index is 484. The Kier molecular flexibility index (Phi) is 2.79. The SMILES string of the molecule is Cn1nnnc1Sc1ccc(N)cc1Cl. The molecule has 7 heteroatoms. The molecule has 0 aliphatic carbocycles. The van der Waals surface area contributed by atoms with Gasteiger partial charge in [-0.3, -0.25) is 0 Å². The molecule has 0 aliphatic heterocycles. The lowest BCUT2D eigenvalue weighted by Gasteiger charge is -2.02. The molecule has 0 fully saturated rings. The van der Waals surface area contributed by atoms with E-state index in [1.165, 1.54) is 11.8 Å². The first-order valence-electron chi connectivity index (χ1n) is 4.12. The van der Waals surface area contributed by atoms with E-state index in [0.717, 1.165) is 4.90 Å². The quantitative estimate of drug-likeness (QED) is 0.809. The van der Waals surface area contributed by atoms with Crippen LogP contribution in [0, 0.1) is 0 Å². The summed E-state index contributed by atoms with van der Waals surface area (Å²) in [4.78, 5) is 0.878. The van der Waals surface area contributed by atoms with Crippen molar-refractivity contribution in [2.75, 3.05) is 5.73 Å². The minimum atomic E-state index is 0.600. The maximum atomic E-state index is 6.02. The molecule has 2 N–H and O–H groups in total. The van der Waals surface area contributed by atoms with Crippen molar-refractivity contribution in [3.8, 4) is 0 Å². The maximum Gasteiger partial charge on any atom is 0.213 e. The summed E-state index contributed by atoms with van der Waals surface area (Å²) in [5, 5.41) is 12.4. The number of aryl methyl sites for hydroxylation is 1. The molecule has 1 aromatic heterocycles. The maximum absolute atomic E-state index is 6.02. The van der Waals surface area contributed by atoms with Crippen LogP contribution < -0.4 is 5.73 Å². The topological polar surface area (TPSA) is 69.6 Å². The van der Waals surface area contributed by atoms with Crippen molar-refractivity contribution in [2.24, 2.45) is 7.05 Å². The molecule has 0 unspecified atom stereocenters. The summed E-state index contributed by atoms with van der Waals surface area (Å²) in [5.74, 6) is 0. The van der Waals surface area contributed by atoms with E-state index in [1.54, 1.807) is 23.9 Å². The van der Waals surface area contributed by atoms with Crippen molar-refractivity contribution >= 4 is 29.1 Å². The van der Waals surface area contributed by atoms with E-state index in [1.807, 2.05) is 6.07 Å². The highest BCUT2D eigenvalue weighted by atomic mass is 35.5. The smallest absolute Gasteiger partial charge is 0.213 e.